The number of carboxylic acid groups (broad SMARTS) is 1. The lowest BCUT2D eigenvalue weighted by atomic mass is 10.1. The van der Waals surface area contributed by atoms with Gasteiger partial charge in [-0.3, -0.25) is 9.59 Å². The Bertz CT molecular complexity index is 585. The van der Waals surface area contributed by atoms with Gasteiger partial charge in [0.1, 0.15) is 11.8 Å². The number of amides is 1. The van der Waals surface area contributed by atoms with E-state index in [4.69, 9.17) is 9.84 Å². The zero-order valence-corrected chi connectivity index (χ0v) is 12.8. The van der Waals surface area contributed by atoms with E-state index in [1.807, 2.05) is 13.8 Å². The van der Waals surface area contributed by atoms with E-state index in [0.717, 1.165) is 5.57 Å². The lowest BCUT2D eigenvalue weighted by Crippen LogP contribution is -2.40. The monoisotopic (exact) mass is 305 g/mol. The van der Waals surface area contributed by atoms with Crippen LogP contribution in [0.25, 0.3) is 0 Å². The fourth-order valence-electron chi connectivity index (χ4n) is 1.66. The largest absolute Gasteiger partial charge is 0.480 e. The van der Waals surface area contributed by atoms with Gasteiger partial charge in [0, 0.05) is 12.5 Å². The molecule has 0 bridgehead atoms. The van der Waals surface area contributed by atoms with E-state index < -0.39 is 23.9 Å². The van der Waals surface area contributed by atoms with Gasteiger partial charge in [-0.2, -0.15) is 0 Å². The van der Waals surface area contributed by atoms with Crippen LogP contribution in [0.3, 0.4) is 0 Å². The highest BCUT2D eigenvalue weighted by Gasteiger charge is 2.19. The van der Waals surface area contributed by atoms with Gasteiger partial charge >= 0.3 is 11.9 Å². The first kappa shape index (κ1) is 17.4. The summed E-state index contributed by atoms with van der Waals surface area (Å²) in [5, 5.41) is 11.6. The molecule has 1 atom stereocenters. The van der Waals surface area contributed by atoms with Crippen LogP contribution in [-0.4, -0.2) is 29.0 Å². The first-order valence-electron chi connectivity index (χ1n) is 6.75. The van der Waals surface area contributed by atoms with Crippen molar-refractivity contribution in [2.24, 2.45) is 0 Å². The minimum absolute atomic E-state index is 0.217. The molecule has 0 aliphatic rings. The molecule has 0 radical (unpaired) electrons. The highest BCUT2D eigenvalue weighted by molar-refractivity contribution is 5.96. The summed E-state index contributed by atoms with van der Waals surface area (Å²) < 4.78 is 4.86. The number of carboxylic acids is 1. The van der Waals surface area contributed by atoms with Crippen LogP contribution in [0.5, 0.6) is 5.75 Å². The molecule has 0 spiro atoms. The fraction of sp³-hybridized carbons (Fsp3) is 0.312. The molecule has 0 heterocycles. The molecular formula is C16H19NO5. The average Bonchev–Trinajstić information content (AvgIpc) is 2.42. The topological polar surface area (TPSA) is 92.7 Å². The van der Waals surface area contributed by atoms with Gasteiger partial charge in [-0.25, -0.2) is 4.79 Å². The number of allylic oxidation sites excluding steroid dienone is 1. The second kappa shape index (κ2) is 7.97. The zero-order valence-electron chi connectivity index (χ0n) is 12.8. The maximum absolute atomic E-state index is 12.0. The minimum Gasteiger partial charge on any atom is -0.480 e. The summed E-state index contributed by atoms with van der Waals surface area (Å²) in [6, 6.07) is 4.89. The number of benzene rings is 1. The summed E-state index contributed by atoms with van der Waals surface area (Å²) in [6.45, 7) is 4.99. The van der Waals surface area contributed by atoms with Crippen molar-refractivity contribution in [3.05, 3.63) is 41.5 Å². The van der Waals surface area contributed by atoms with Crippen molar-refractivity contribution in [3.63, 3.8) is 0 Å². The summed E-state index contributed by atoms with van der Waals surface area (Å²) >= 11 is 0. The van der Waals surface area contributed by atoms with Crippen molar-refractivity contribution in [2.75, 3.05) is 0 Å². The highest BCUT2D eigenvalue weighted by Crippen LogP contribution is 2.12. The standard InChI is InChI=1S/C16H19NO5/c1-10(2)4-9-14(16(20)21)17-15(19)12-5-7-13(8-6-12)22-11(3)18/h4-8,14H,9H2,1-3H3,(H,17,19)(H,20,21)/t14-/m1/s1. The molecule has 6 nitrogen and oxygen atoms in total. The maximum atomic E-state index is 12.0. The van der Waals surface area contributed by atoms with Crippen LogP contribution in [0.2, 0.25) is 0 Å². The molecule has 2 N–H and O–H groups in total. The number of hydrogen-bond acceptors (Lipinski definition) is 4. The van der Waals surface area contributed by atoms with Crippen LogP contribution >= 0.6 is 0 Å². The molecule has 1 aromatic carbocycles. The van der Waals surface area contributed by atoms with E-state index in [0.29, 0.717) is 11.3 Å². The van der Waals surface area contributed by atoms with Crippen LogP contribution in [-0.2, 0) is 9.59 Å². The van der Waals surface area contributed by atoms with E-state index in [-0.39, 0.29) is 6.42 Å². The average molecular weight is 305 g/mol. The second-order valence-corrected chi connectivity index (χ2v) is 5.00. The van der Waals surface area contributed by atoms with Gasteiger partial charge < -0.3 is 15.2 Å². The molecule has 0 saturated heterocycles. The van der Waals surface area contributed by atoms with E-state index in [2.05, 4.69) is 5.32 Å². The van der Waals surface area contributed by atoms with Crippen LogP contribution in [0.1, 0.15) is 37.6 Å². The van der Waals surface area contributed by atoms with Crippen molar-refractivity contribution in [2.45, 2.75) is 33.2 Å². The van der Waals surface area contributed by atoms with E-state index in [1.54, 1.807) is 6.08 Å². The Labute approximate surface area is 128 Å². The first-order chi connectivity index (χ1) is 10.3. The fourth-order valence-corrected chi connectivity index (χ4v) is 1.66. The molecule has 1 aromatic rings. The number of hydrogen-bond donors (Lipinski definition) is 2. The molecule has 0 saturated carbocycles. The number of rotatable bonds is 6. The maximum Gasteiger partial charge on any atom is 0.326 e. The molecule has 0 fully saturated rings. The number of carbonyl (C=O) groups is 3. The summed E-state index contributed by atoms with van der Waals surface area (Å²) in [6.07, 6.45) is 1.97. The number of nitrogens with one attached hydrogen (secondary N) is 1. The third kappa shape index (κ3) is 5.78. The molecule has 118 valence electrons. The molecule has 0 unspecified atom stereocenters. The summed E-state index contributed by atoms with van der Waals surface area (Å²) in [7, 11) is 0. The number of esters is 1. The Balaban J connectivity index is 2.75. The van der Waals surface area contributed by atoms with Crippen LogP contribution in [0.15, 0.2) is 35.9 Å². The van der Waals surface area contributed by atoms with Gasteiger partial charge in [-0.15, -0.1) is 0 Å². The quantitative estimate of drug-likeness (QED) is 0.477. The minimum atomic E-state index is -1.10. The Morgan fingerprint density at radius 1 is 1.18 bits per heavy atom. The molecule has 0 aliphatic carbocycles. The van der Waals surface area contributed by atoms with Crippen LogP contribution < -0.4 is 10.1 Å². The van der Waals surface area contributed by atoms with Crippen molar-refractivity contribution in [1.29, 1.82) is 0 Å². The SMILES string of the molecule is CC(=O)Oc1ccc(C(=O)N[C@H](CC=C(C)C)C(=O)O)cc1. The Hall–Kier alpha value is -2.63. The normalized spacial score (nSPS) is 11.2. The molecule has 1 amide bonds. The van der Waals surface area contributed by atoms with Crippen molar-refractivity contribution in [1.82, 2.24) is 5.32 Å². The summed E-state index contributed by atoms with van der Waals surface area (Å²) in [5.74, 6) is -1.72. The molecule has 0 aromatic heterocycles. The van der Waals surface area contributed by atoms with Gasteiger partial charge in [-0.05, 0) is 44.5 Å². The van der Waals surface area contributed by atoms with E-state index in [9.17, 15) is 14.4 Å². The number of aliphatic carboxylic acids is 1. The second-order valence-electron chi connectivity index (χ2n) is 5.00. The van der Waals surface area contributed by atoms with E-state index in [1.165, 1.54) is 31.2 Å². The van der Waals surface area contributed by atoms with Crippen LogP contribution in [0, 0.1) is 0 Å². The van der Waals surface area contributed by atoms with Crippen molar-refractivity contribution in [3.8, 4) is 5.75 Å². The number of carbonyl (C=O) groups excluding carboxylic acids is 2. The Morgan fingerprint density at radius 2 is 1.77 bits per heavy atom. The summed E-state index contributed by atoms with van der Waals surface area (Å²) in [4.78, 5) is 34.0. The van der Waals surface area contributed by atoms with Gasteiger partial charge in [0.15, 0.2) is 0 Å². The number of ether oxygens (including phenoxy) is 1. The van der Waals surface area contributed by atoms with E-state index >= 15 is 0 Å². The third-order valence-electron chi connectivity index (χ3n) is 2.74. The predicted molar refractivity (Wildman–Crippen MR) is 80.7 cm³/mol. The smallest absolute Gasteiger partial charge is 0.326 e. The van der Waals surface area contributed by atoms with Crippen molar-refractivity contribution >= 4 is 17.8 Å². The predicted octanol–water partition coefficient (Wildman–Crippen LogP) is 2.15. The molecule has 22 heavy (non-hydrogen) atoms. The van der Waals surface area contributed by atoms with Gasteiger partial charge in [-0.1, -0.05) is 11.6 Å². The van der Waals surface area contributed by atoms with Crippen molar-refractivity contribution < 1.29 is 24.2 Å². The molecule has 1 rings (SSSR count). The highest BCUT2D eigenvalue weighted by atomic mass is 16.5. The van der Waals surface area contributed by atoms with Gasteiger partial charge in [0.2, 0.25) is 0 Å². The Morgan fingerprint density at radius 3 is 2.23 bits per heavy atom. The lowest BCUT2D eigenvalue weighted by Gasteiger charge is -2.13. The zero-order chi connectivity index (χ0) is 16.7. The van der Waals surface area contributed by atoms with Crippen LogP contribution in [0.4, 0.5) is 0 Å². The molecule has 0 aliphatic heterocycles. The Kier molecular flexibility index (Phi) is 6.31. The first-order valence-corrected chi connectivity index (χ1v) is 6.75. The lowest BCUT2D eigenvalue weighted by molar-refractivity contribution is -0.139. The van der Waals surface area contributed by atoms with Gasteiger partial charge in [0.05, 0.1) is 0 Å². The van der Waals surface area contributed by atoms with Gasteiger partial charge in [0.25, 0.3) is 5.91 Å². The summed E-state index contributed by atoms with van der Waals surface area (Å²) in [5.41, 5.74) is 1.27. The third-order valence-corrected chi connectivity index (χ3v) is 2.74. The molecular weight excluding hydrogens is 286 g/mol. The molecule has 6 heteroatoms.